The van der Waals surface area contributed by atoms with E-state index >= 15 is 0 Å². The summed E-state index contributed by atoms with van der Waals surface area (Å²) in [4.78, 5) is 17.4. The minimum Gasteiger partial charge on any atom is -0.454 e. The van der Waals surface area contributed by atoms with Gasteiger partial charge in [-0.15, -0.1) is 11.3 Å². The fraction of sp³-hybridized carbons (Fsp3) is 0.143. The van der Waals surface area contributed by atoms with Crippen molar-refractivity contribution in [2.24, 2.45) is 0 Å². The summed E-state index contributed by atoms with van der Waals surface area (Å²) < 4.78 is 21.8. The zero-order valence-corrected chi connectivity index (χ0v) is 16.2. The average Bonchev–Trinajstić information content (AvgIpc) is 3.46. The summed E-state index contributed by atoms with van der Waals surface area (Å²) >= 11 is 1.34. The molecule has 29 heavy (non-hydrogen) atoms. The predicted molar refractivity (Wildman–Crippen MR) is 109 cm³/mol. The minimum atomic E-state index is -0.361. The third-order valence-corrected chi connectivity index (χ3v) is 5.34. The van der Waals surface area contributed by atoms with Gasteiger partial charge in [0, 0.05) is 29.0 Å². The van der Waals surface area contributed by atoms with E-state index in [2.05, 4.69) is 10.3 Å². The standard InChI is InChI=1S/C21H16N2O5S/c1-25-9-14-13-4-2-3-5-16(13)28-19(14)20(24)23-21-22-15(10-29-21)12-6-7-17-18(8-12)27-11-26-17/h2-8,10H,9,11H2,1H3,(H,22,23,24). The number of amides is 1. The number of carbonyl (C=O) groups is 1. The molecule has 5 rings (SSSR count). The van der Waals surface area contributed by atoms with Crippen LogP contribution in [0.4, 0.5) is 5.13 Å². The first kappa shape index (κ1) is 17.7. The summed E-state index contributed by atoms with van der Waals surface area (Å²) in [5.74, 6) is 1.27. The van der Waals surface area contributed by atoms with E-state index in [9.17, 15) is 4.79 Å². The number of para-hydroxylation sites is 1. The molecule has 1 aliphatic rings. The van der Waals surface area contributed by atoms with E-state index in [4.69, 9.17) is 18.6 Å². The van der Waals surface area contributed by atoms with Gasteiger partial charge in [-0.3, -0.25) is 10.1 Å². The van der Waals surface area contributed by atoms with E-state index in [-0.39, 0.29) is 25.1 Å². The SMILES string of the molecule is COCc1c(C(=O)Nc2nc(-c3ccc4c(c3)OCO4)cs2)oc2ccccc12. The van der Waals surface area contributed by atoms with Crippen LogP contribution in [-0.2, 0) is 11.3 Å². The Hall–Kier alpha value is -3.36. The first-order valence-corrected chi connectivity index (χ1v) is 9.77. The van der Waals surface area contributed by atoms with E-state index in [1.807, 2.05) is 47.8 Å². The van der Waals surface area contributed by atoms with Gasteiger partial charge in [0.2, 0.25) is 6.79 Å². The lowest BCUT2D eigenvalue weighted by Crippen LogP contribution is -2.13. The summed E-state index contributed by atoms with van der Waals surface area (Å²) in [6.45, 7) is 0.499. The van der Waals surface area contributed by atoms with Gasteiger partial charge in [0.25, 0.3) is 5.91 Å². The lowest BCUT2D eigenvalue weighted by atomic mass is 10.1. The number of aromatic nitrogens is 1. The average molecular weight is 408 g/mol. The van der Waals surface area contributed by atoms with Crippen LogP contribution in [0.2, 0.25) is 0 Å². The maximum absolute atomic E-state index is 12.8. The zero-order valence-electron chi connectivity index (χ0n) is 15.4. The highest BCUT2D eigenvalue weighted by Crippen LogP contribution is 2.36. The number of furan rings is 1. The molecule has 4 aromatic rings. The van der Waals surface area contributed by atoms with Gasteiger partial charge in [-0.2, -0.15) is 0 Å². The largest absolute Gasteiger partial charge is 0.454 e. The molecule has 0 fully saturated rings. The molecule has 2 aromatic heterocycles. The number of nitrogens with one attached hydrogen (secondary N) is 1. The number of benzene rings is 2. The summed E-state index contributed by atoms with van der Waals surface area (Å²) in [6, 6.07) is 13.1. The predicted octanol–water partition coefficient (Wildman–Crippen LogP) is 4.68. The first-order chi connectivity index (χ1) is 14.2. The molecule has 2 aromatic carbocycles. The van der Waals surface area contributed by atoms with Crippen molar-refractivity contribution < 1.29 is 23.4 Å². The number of methoxy groups -OCH3 is 1. The highest BCUT2D eigenvalue weighted by atomic mass is 32.1. The molecule has 1 N–H and O–H groups in total. The Kier molecular flexibility index (Phi) is 4.42. The van der Waals surface area contributed by atoms with Gasteiger partial charge in [0.15, 0.2) is 22.4 Å². The fourth-order valence-electron chi connectivity index (χ4n) is 3.24. The van der Waals surface area contributed by atoms with Crippen LogP contribution < -0.4 is 14.8 Å². The number of ether oxygens (including phenoxy) is 3. The quantitative estimate of drug-likeness (QED) is 0.516. The molecule has 1 aliphatic heterocycles. The van der Waals surface area contributed by atoms with Crippen molar-refractivity contribution in [3.8, 4) is 22.8 Å². The van der Waals surface area contributed by atoms with E-state index in [1.165, 1.54) is 11.3 Å². The van der Waals surface area contributed by atoms with Crippen LogP contribution >= 0.6 is 11.3 Å². The summed E-state index contributed by atoms with van der Waals surface area (Å²) in [5.41, 5.74) is 2.98. The molecule has 0 saturated carbocycles. The molecule has 0 saturated heterocycles. The topological polar surface area (TPSA) is 82.8 Å². The first-order valence-electron chi connectivity index (χ1n) is 8.89. The van der Waals surface area contributed by atoms with Crippen LogP contribution in [0.3, 0.4) is 0 Å². The molecule has 0 aliphatic carbocycles. The number of hydrogen-bond donors (Lipinski definition) is 1. The van der Waals surface area contributed by atoms with Gasteiger partial charge in [0.1, 0.15) is 5.58 Å². The molecule has 7 nitrogen and oxygen atoms in total. The molecule has 146 valence electrons. The summed E-state index contributed by atoms with van der Waals surface area (Å²) in [6.07, 6.45) is 0. The van der Waals surface area contributed by atoms with Crippen LogP contribution in [0.1, 0.15) is 16.1 Å². The Labute approximate surface area is 169 Å². The maximum atomic E-state index is 12.8. The van der Waals surface area contributed by atoms with Crippen molar-refractivity contribution in [3.63, 3.8) is 0 Å². The van der Waals surface area contributed by atoms with Crippen molar-refractivity contribution in [2.45, 2.75) is 6.61 Å². The fourth-order valence-corrected chi connectivity index (χ4v) is 3.96. The van der Waals surface area contributed by atoms with Crippen molar-refractivity contribution in [1.82, 2.24) is 4.98 Å². The second kappa shape index (κ2) is 7.23. The van der Waals surface area contributed by atoms with Crippen LogP contribution in [-0.4, -0.2) is 24.8 Å². The molecule has 0 bridgehead atoms. The van der Waals surface area contributed by atoms with Crippen LogP contribution in [0, 0.1) is 0 Å². The van der Waals surface area contributed by atoms with Crippen molar-refractivity contribution in [1.29, 1.82) is 0 Å². The number of rotatable bonds is 5. The Balaban J connectivity index is 1.41. The third kappa shape index (κ3) is 3.22. The van der Waals surface area contributed by atoms with Gasteiger partial charge in [-0.1, -0.05) is 18.2 Å². The van der Waals surface area contributed by atoms with Gasteiger partial charge in [0.05, 0.1) is 12.3 Å². The van der Waals surface area contributed by atoms with E-state index in [0.717, 1.165) is 16.6 Å². The van der Waals surface area contributed by atoms with E-state index in [0.29, 0.717) is 27.8 Å². The maximum Gasteiger partial charge on any atom is 0.293 e. The van der Waals surface area contributed by atoms with Crippen molar-refractivity contribution in [2.75, 3.05) is 19.2 Å². The van der Waals surface area contributed by atoms with E-state index in [1.54, 1.807) is 7.11 Å². The molecule has 0 radical (unpaired) electrons. The van der Waals surface area contributed by atoms with Gasteiger partial charge in [-0.05, 0) is 24.3 Å². The van der Waals surface area contributed by atoms with Gasteiger partial charge < -0.3 is 18.6 Å². The highest BCUT2D eigenvalue weighted by molar-refractivity contribution is 7.14. The van der Waals surface area contributed by atoms with Gasteiger partial charge in [-0.25, -0.2) is 4.98 Å². The number of hydrogen-bond acceptors (Lipinski definition) is 7. The second-order valence-corrected chi connectivity index (χ2v) is 7.26. The van der Waals surface area contributed by atoms with E-state index < -0.39 is 0 Å². The second-order valence-electron chi connectivity index (χ2n) is 6.40. The third-order valence-electron chi connectivity index (χ3n) is 4.59. The van der Waals surface area contributed by atoms with Crippen LogP contribution in [0.15, 0.2) is 52.3 Å². The number of thiazole rings is 1. The molecule has 0 unspecified atom stereocenters. The molecule has 1 amide bonds. The smallest absolute Gasteiger partial charge is 0.293 e. The summed E-state index contributed by atoms with van der Waals surface area (Å²) in [5, 5.41) is 6.04. The minimum absolute atomic E-state index is 0.221. The van der Waals surface area contributed by atoms with Crippen molar-refractivity contribution in [3.05, 3.63) is 59.2 Å². The molecule has 0 atom stereocenters. The molecular formula is C21H16N2O5S. The Morgan fingerprint density at radius 2 is 2.07 bits per heavy atom. The zero-order chi connectivity index (χ0) is 19.8. The molecule has 3 heterocycles. The molecule has 8 heteroatoms. The highest BCUT2D eigenvalue weighted by Gasteiger charge is 2.22. The molecular weight excluding hydrogens is 392 g/mol. The summed E-state index contributed by atoms with van der Waals surface area (Å²) in [7, 11) is 1.59. The van der Waals surface area contributed by atoms with Crippen LogP contribution in [0.25, 0.3) is 22.2 Å². The lowest BCUT2D eigenvalue weighted by molar-refractivity contribution is 0.0992. The Morgan fingerprint density at radius 3 is 2.97 bits per heavy atom. The Bertz CT molecular complexity index is 1210. The number of anilines is 1. The van der Waals surface area contributed by atoms with Crippen molar-refractivity contribution >= 4 is 33.3 Å². The van der Waals surface area contributed by atoms with Gasteiger partial charge >= 0.3 is 0 Å². The molecule has 0 spiro atoms. The Morgan fingerprint density at radius 1 is 1.21 bits per heavy atom. The lowest BCUT2D eigenvalue weighted by Gasteiger charge is -2.02. The number of carbonyl (C=O) groups excluding carboxylic acids is 1. The normalized spacial score (nSPS) is 12.4. The number of nitrogens with zero attached hydrogens (tertiary/aromatic N) is 1. The number of fused-ring (bicyclic) bond motifs is 2. The monoisotopic (exact) mass is 408 g/mol. The van der Waals surface area contributed by atoms with Crippen LogP contribution in [0.5, 0.6) is 11.5 Å².